The average Bonchev–Trinajstić information content (AvgIpc) is 3.21. The number of fused-ring (bicyclic) bond motifs is 2. The Bertz CT molecular complexity index is 1310. The second-order valence-electron chi connectivity index (χ2n) is 9.62. The fourth-order valence-corrected chi connectivity index (χ4v) is 6.50. The highest BCUT2D eigenvalue weighted by atomic mass is 32.1. The zero-order valence-electron chi connectivity index (χ0n) is 18.5. The Hall–Kier alpha value is -3.06. The number of piperidine rings is 1. The molecule has 1 saturated carbocycles. The van der Waals surface area contributed by atoms with E-state index in [1.807, 2.05) is 54.3 Å². The van der Waals surface area contributed by atoms with E-state index in [4.69, 9.17) is 0 Å². The van der Waals surface area contributed by atoms with Crippen LogP contribution in [0.4, 0.5) is 5.69 Å². The van der Waals surface area contributed by atoms with Crippen LogP contribution >= 0.6 is 11.3 Å². The number of ketones is 1. The van der Waals surface area contributed by atoms with Crippen LogP contribution in [0.2, 0.25) is 0 Å². The van der Waals surface area contributed by atoms with Crippen LogP contribution < -0.4 is 5.32 Å². The summed E-state index contributed by atoms with van der Waals surface area (Å²) in [6.07, 6.45) is 2.82. The van der Waals surface area contributed by atoms with Crippen LogP contribution in [0.25, 0.3) is 10.2 Å². The van der Waals surface area contributed by atoms with E-state index < -0.39 is 0 Å². The molecule has 2 fully saturated rings. The van der Waals surface area contributed by atoms with Crippen molar-refractivity contribution in [3.05, 3.63) is 58.6 Å². The minimum absolute atomic E-state index is 0.00333. The molecule has 2 amide bonds. The Balaban J connectivity index is 1.08. The Kier molecular flexibility index (Phi) is 4.66. The third-order valence-corrected chi connectivity index (χ3v) is 8.62. The van der Waals surface area contributed by atoms with Crippen LogP contribution in [-0.4, -0.2) is 40.6 Å². The number of hydrogen-bond donors (Lipinski definition) is 1. The molecule has 3 aromatic rings. The Morgan fingerprint density at radius 3 is 2.76 bits per heavy atom. The number of carbonyl (C=O) groups is 3. The molecule has 6 rings (SSSR count). The summed E-state index contributed by atoms with van der Waals surface area (Å²) in [6, 6.07) is 13.3. The van der Waals surface area contributed by atoms with Gasteiger partial charge in [0.2, 0.25) is 11.8 Å². The van der Waals surface area contributed by atoms with Gasteiger partial charge >= 0.3 is 0 Å². The summed E-state index contributed by atoms with van der Waals surface area (Å²) in [5.74, 6) is -0.183. The maximum atomic E-state index is 13.2. The van der Waals surface area contributed by atoms with Crippen LogP contribution in [0.3, 0.4) is 0 Å². The summed E-state index contributed by atoms with van der Waals surface area (Å²) in [5.41, 5.74) is 3.26. The summed E-state index contributed by atoms with van der Waals surface area (Å²) < 4.78 is 1.12. The largest absolute Gasteiger partial charge is 0.342 e. The molecule has 168 valence electrons. The number of hydrogen-bond acceptors (Lipinski definition) is 5. The molecule has 0 bridgehead atoms. The number of aromatic nitrogens is 1. The highest BCUT2D eigenvalue weighted by Gasteiger charge is 2.59. The molecule has 2 heterocycles. The van der Waals surface area contributed by atoms with E-state index in [0.29, 0.717) is 18.7 Å². The number of amides is 2. The maximum Gasteiger partial charge on any atom is 0.230 e. The second kappa shape index (κ2) is 7.48. The fourth-order valence-electron chi connectivity index (χ4n) is 5.69. The van der Waals surface area contributed by atoms with Gasteiger partial charge in [0.25, 0.3) is 0 Å². The summed E-state index contributed by atoms with van der Waals surface area (Å²) in [5, 5.41) is 4.09. The van der Waals surface area contributed by atoms with Crippen molar-refractivity contribution in [1.82, 2.24) is 9.88 Å². The van der Waals surface area contributed by atoms with Crippen molar-refractivity contribution in [2.24, 2.45) is 11.3 Å². The van der Waals surface area contributed by atoms with E-state index >= 15 is 0 Å². The molecule has 0 radical (unpaired) electrons. The van der Waals surface area contributed by atoms with Crippen molar-refractivity contribution in [3.63, 3.8) is 0 Å². The minimum Gasteiger partial charge on any atom is -0.342 e. The number of anilines is 1. The molecule has 1 N–H and O–H groups in total. The first-order chi connectivity index (χ1) is 15.9. The molecule has 6 nitrogen and oxygen atoms in total. The predicted molar refractivity (Wildman–Crippen MR) is 127 cm³/mol. The van der Waals surface area contributed by atoms with Gasteiger partial charge < -0.3 is 10.2 Å². The van der Waals surface area contributed by atoms with Crippen molar-refractivity contribution in [2.45, 2.75) is 38.5 Å². The summed E-state index contributed by atoms with van der Waals surface area (Å²) in [4.78, 5) is 44.8. The van der Waals surface area contributed by atoms with Crippen molar-refractivity contribution in [3.8, 4) is 0 Å². The molecule has 2 atom stereocenters. The van der Waals surface area contributed by atoms with Gasteiger partial charge in [0.15, 0.2) is 5.78 Å². The van der Waals surface area contributed by atoms with Gasteiger partial charge in [0.05, 0.1) is 21.1 Å². The molecular weight excluding hydrogens is 434 g/mol. The lowest BCUT2D eigenvalue weighted by molar-refractivity contribution is -0.134. The standard InChI is InChI=1S/C26H25N3O3S/c1-15-27-21-12-16(6-7-23(21)33-15)28-24(31)20-14-26(20)8-10-29(11-9-26)25(32)19-13-22(30)18-5-3-2-4-17(18)19/h2-7,12,19-20H,8-11,13-14H2,1H3,(H,28,31)/t19-,20+/m0/s1. The van der Waals surface area contributed by atoms with E-state index in [0.717, 1.165) is 45.7 Å². The van der Waals surface area contributed by atoms with Gasteiger partial charge in [-0.1, -0.05) is 24.3 Å². The van der Waals surface area contributed by atoms with E-state index in [2.05, 4.69) is 10.3 Å². The van der Waals surface area contributed by atoms with Crippen molar-refractivity contribution in [2.75, 3.05) is 18.4 Å². The molecule has 1 aliphatic heterocycles. The molecule has 2 aliphatic carbocycles. The van der Waals surface area contributed by atoms with E-state index in [1.165, 1.54) is 0 Å². The number of likely N-dealkylation sites (tertiary alicyclic amines) is 1. The second-order valence-corrected chi connectivity index (χ2v) is 10.9. The van der Waals surface area contributed by atoms with Crippen molar-refractivity contribution in [1.29, 1.82) is 0 Å². The number of carbonyl (C=O) groups excluding carboxylic acids is 3. The lowest BCUT2D eigenvalue weighted by atomic mass is 9.89. The minimum atomic E-state index is -0.356. The van der Waals surface area contributed by atoms with Crippen LogP contribution in [0.15, 0.2) is 42.5 Å². The van der Waals surface area contributed by atoms with Crippen LogP contribution in [0, 0.1) is 18.3 Å². The Morgan fingerprint density at radius 2 is 1.94 bits per heavy atom. The Labute approximate surface area is 196 Å². The van der Waals surface area contributed by atoms with Gasteiger partial charge in [-0.3, -0.25) is 14.4 Å². The normalized spacial score (nSPS) is 23.1. The number of aryl methyl sites for hydroxylation is 1. The molecule has 0 unspecified atom stereocenters. The first-order valence-corrected chi connectivity index (χ1v) is 12.3. The predicted octanol–water partition coefficient (Wildman–Crippen LogP) is 4.54. The van der Waals surface area contributed by atoms with Gasteiger partial charge in [-0.15, -0.1) is 11.3 Å². The van der Waals surface area contributed by atoms with Gasteiger partial charge in [-0.25, -0.2) is 4.98 Å². The number of Topliss-reactive ketones (excluding diaryl/α,β-unsaturated/α-hetero) is 1. The number of rotatable bonds is 3. The SMILES string of the molecule is Cc1nc2cc(NC(=O)[C@H]3CC34CCN(C(=O)[C@H]3CC(=O)c5ccccc53)CC4)ccc2s1. The zero-order valence-corrected chi connectivity index (χ0v) is 19.3. The van der Waals surface area contributed by atoms with Gasteiger partial charge in [0, 0.05) is 36.7 Å². The lowest BCUT2D eigenvalue weighted by Gasteiger charge is -2.34. The zero-order chi connectivity index (χ0) is 22.7. The van der Waals surface area contributed by atoms with Gasteiger partial charge in [-0.05, 0) is 55.4 Å². The highest BCUT2D eigenvalue weighted by Crippen LogP contribution is 2.60. The molecule has 2 aromatic carbocycles. The van der Waals surface area contributed by atoms with Crippen LogP contribution in [-0.2, 0) is 9.59 Å². The number of nitrogens with zero attached hydrogens (tertiary/aromatic N) is 2. The molecule has 1 aromatic heterocycles. The molecule has 7 heteroatoms. The number of thiazole rings is 1. The fraction of sp³-hybridized carbons (Fsp3) is 0.385. The summed E-state index contributed by atoms with van der Waals surface area (Å²) >= 11 is 1.65. The first-order valence-electron chi connectivity index (χ1n) is 11.5. The molecule has 33 heavy (non-hydrogen) atoms. The van der Waals surface area contributed by atoms with Crippen molar-refractivity contribution >= 4 is 44.8 Å². The van der Waals surface area contributed by atoms with E-state index in [9.17, 15) is 14.4 Å². The molecule has 1 saturated heterocycles. The maximum absolute atomic E-state index is 13.2. The molecular formula is C26H25N3O3S. The highest BCUT2D eigenvalue weighted by molar-refractivity contribution is 7.18. The lowest BCUT2D eigenvalue weighted by Crippen LogP contribution is -2.42. The average molecular weight is 460 g/mol. The van der Waals surface area contributed by atoms with Crippen LogP contribution in [0.5, 0.6) is 0 Å². The quantitative estimate of drug-likeness (QED) is 0.624. The third kappa shape index (κ3) is 3.46. The number of nitrogens with one attached hydrogen (secondary N) is 1. The molecule has 1 spiro atoms. The number of benzene rings is 2. The topological polar surface area (TPSA) is 79.4 Å². The van der Waals surface area contributed by atoms with Crippen molar-refractivity contribution < 1.29 is 14.4 Å². The summed E-state index contributed by atoms with van der Waals surface area (Å²) in [7, 11) is 0. The van der Waals surface area contributed by atoms with Crippen LogP contribution in [0.1, 0.15) is 52.5 Å². The monoisotopic (exact) mass is 459 g/mol. The first kappa shape index (κ1) is 20.5. The smallest absolute Gasteiger partial charge is 0.230 e. The van der Waals surface area contributed by atoms with Gasteiger partial charge in [0.1, 0.15) is 0 Å². The Morgan fingerprint density at radius 1 is 1.15 bits per heavy atom. The summed E-state index contributed by atoms with van der Waals surface area (Å²) in [6.45, 7) is 3.29. The van der Waals surface area contributed by atoms with E-state index in [-0.39, 0.29) is 41.3 Å². The van der Waals surface area contributed by atoms with Gasteiger partial charge in [-0.2, -0.15) is 0 Å². The third-order valence-electron chi connectivity index (χ3n) is 7.66. The van der Waals surface area contributed by atoms with E-state index in [1.54, 1.807) is 11.3 Å². The molecule has 3 aliphatic rings.